The van der Waals surface area contributed by atoms with Gasteiger partial charge >= 0.3 is 0 Å². The maximum absolute atomic E-state index is 6.15. The topological polar surface area (TPSA) is 49.3 Å². The third-order valence-electron chi connectivity index (χ3n) is 3.17. The summed E-state index contributed by atoms with van der Waals surface area (Å²) in [6.45, 7) is 3.68. The number of benzene rings is 1. The highest BCUT2D eigenvalue weighted by Crippen LogP contribution is 2.14. The molecule has 0 atom stereocenters. The molecule has 1 aromatic carbocycles. The first kappa shape index (κ1) is 16.8. The zero-order valence-electron chi connectivity index (χ0n) is 12.9. The summed E-state index contributed by atoms with van der Waals surface area (Å²) >= 11 is 7.89. The number of aryl methyl sites for hydroxylation is 1. The van der Waals surface area contributed by atoms with E-state index in [4.69, 9.17) is 11.6 Å². The van der Waals surface area contributed by atoms with Crippen LogP contribution in [0.1, 0.15) is 15.4 Å². The van der Waals surface area contributed by atoms with Gasteiger partial charge in [-0.25, -0.2) is 4.98 Å². The van der Waals surface area contributed by atoms with Crippen molar-refractivity contribution in [2.24, 2.45) is 4.99 Å². The van der Waals surface area contributed by atoms with Gasteiger partial charge in [0.15, 0.2) is 5.96 Å². The fraction of sp³-hybridized carbons (Fsp3) is 0.375. The Morgan fingerprint density at radius 2 is 1.95 bits per heavy atom. The highest BCUT2D eigenvalue weighted by molar-refractivity contribution is 7.11. The van der Waals surface area contributed by atoms with Crippen LogP contribution < -0.4 is 10.6 Å². The third-order valence-corrected chi connectivity index (χ3v) is 4.51. The van der Waals surface area contributed by atoms with Crippen molar-refractivity contribution < 1.29 is 0 Å². The Morgan fingerprint density at radius 3 is 2.59 bits per heavy atom. The maximum Gasteiger partial charge on any atom is 0.191 e. The lowest BCUT2D eigenvalue weighted by Gasteiger charge is -2.11. The van der Waals surface area contributed by atoms with Crippen LogP contribution in [0.3, 0.4) is 0 Å². The zero-order valence-corrected chi connectivity index (χ0v) is 14.5. The smallest absolute Gasteiger partial charge is 0.191 e. The predicted octanol–water partition coefficient (Wildman–Crippen LogP) is 3.06. The van der Waals surface area contributed by atoms with Crippen molar-refractivity contribution in [1.29, 1.82) is 0 Å². The van der Waals surface area contributed by atoms with Crippen molar-refractivity contribution in [3.8, 4) is 0 Å². The van der Waals surface area contributed by atoms with Crippen molar-refractivity contribution in [3.05, 3.63) is 50.9 Å². The largest absolute Gasteiger partial charge is 0.356 e. The highest BCUT2D eigenvalue weighted by atomic mass is 35.5. The van der Waals surface area contributed by atoms with Gasteiger partial charge in [-0.2, -0.15) is 0 Å². The van der Waals surface area contributed by atoms with E-state index in [1.54, 1.807) is 18.4 Å². The standard InChI is InChI=1S/C16H21ClN4S/c1-12-11-21-15(22-12)8-10-20-16(18-2)19-9-7-13-5-3-4-6-14(13)17/h3-6,11H,7-10H2,1-2H3,(H2,18,19,20). The van der Waals surface area contributed by atoms with Crippen molar-refractivity contribution in [1.82, 2.24) is 15.6 Å². The summed E-state index contributed by atoms with van der Waals surface area (Å²) in [6, 6.07) is 7.91. The predicted molar refractivity (Wildman–Crippen MR) is 95.1 cm³/mol. The van der Waals surface area contributed by atoms with Crippen LogP contribution in [0.5, 0.6) is 0 Å². The minimum Gasteiger partial charge on any atom is -0.356 e. The van der Waals surface area contributed by atoms with Crippen molar-refractivity contribution >= 4 is 28.9 Å². The monoisotopic (exact) mass is 336 g/mol. The average molecular weight is 337 g/mol. The van der Waals surface area contributed by atoms with Crippen LogP contribution in [0, 0.1) is 6.92 Å². The summed E-state index contributed by atoms with van der Waals surface area (Å²) < 4.78 is 0. The van der Waals surface area contributed by atoms with Crippen LogP contribution in [-0.2, 0) is 12.8 Å². The van der Waals surface area contributed by atoms with E-state index in [9.17, 15) is 0 Å². The minimum absolute atomic E-state index is 0.791. The summed E-state index contributed by atoms with van der Waals surface area (Å²) in [6.07, 6.45) is 3.69. The molecule has 1 aromatic heterocycles. The molecule has 22 heavy (non-hydrogen) atoms. The first-order chi connectivity index (χ1) is 10.7. The molecule has 0 aliphatic carbocycles. The summed E-state index contributed by atoms with van der Waals surface area (Å²) in [4.78, 5) is 9.82. The quantitative estimate of drug-likeness (QED) is 0.629. The van der Waals surface area contributed by atoms with Crippen LogP contribution in [0.15, 0.2) is 35.5 Å². The van der Waals surface area contributed by atoms with Gasteiger partial charge in [0.2, 0.25) is 0 Å². The van der Waals surface area contributed by atoms with Gasteiger partial charge in [-0.1, -0.05) is 29.8 Å². The molecule has 0 bridgehead atoms. The number of aromatic nitrogens is 1. The summed E-state index contributed by atoms with van der Waals surface area (Å²) in [5, 5.41) is 8.56. The number of nitrogens with one attached hydrogen (secondary N) is 2. The van der Waals surface area contributed by atoms with Gasteiger partial charge in [0.25, 0.3) is 0 Å². The van der Waals surface area contributed by atoms with E-state index >= 15 is 0 Å². The Bertz CT molecular complexity index is 624. The SMILES string of the molecule is CN=C(NCCc1ncc(C)s1)NCCc1ccccc1Cl. The van der Waals surface area contributed by atoms with E-state index in [1.165, 1.54) is 4.88 Å². The van der Waals surface area contributed by atoms with Gasteiger partial charge < -0.3 is 10.6 Å². The second-order valence-electron chi connectivity index (χ2n) is 4.88. The molecule has 0 saturated carbocycles. The average Bonchev–Trinajstić information content (AvgIpc) is 2.93. The molecular weight excluding hydrogens is 316 g/mol. The molecule has 0 radical (unpaired) electrons. The minimum atomic E-state index is 0.791. The van der Waals surface area contributed by atoms with Gasteiger partial charge in [0.1, 0.15) is 0 Å². The highest BCUT2D eigenvalue weighted by Gasteiger charge is 2.02. The Morgan fingerprint density at radius 1 is 1.23 bits per heavy atom. The molecular formula is C16H21ClN4S. The number of hydrogen-bond donors (Lipinski definition) is 2. The Balaban J connectivity index is 1.70. The van der Waals surface area contributed by atoms with Crippen LogP contribution >= 0.6 is 22.9 Å². The Labute approximate surface area is 140 Å². The molecule has 0 spiro atoms. The number of aliphatic imine (C=N–C) groups is 1. The Hall–Kier alpha value is -1.59. The number of halogens is 1. The van der Waals surface area contributed by atoms with E-state index in [0.717, 1.165) is 47.5 Å². The fourth-order valence-corrected chi connectivity index (χ4v) is 3.06. The summed E-state index contributed by atoms with van der Waals surface area (Å²) in [5.41, 5.74) is 1.14. The van der Waals surface area contributed by atoms with Crippen LogP contribution in [0.4, 0.5) is 0 Å². The molecule has 2 rings (SSSR count). The molecule has 0 fully saturated rings. The molecule has 0 aliphatic rings. The third kappa shape index (κ3) is 5.31. The molecule has 0 unspecified atom stereocenters. The second-order valence-corrected chi connectivity index (χ2v) is 6.61. The van der Waals surface area contributed by atoms with Gasteiger partial charge in [-0.15, -0.1) is 11.3 Å². The number of rotatable bonds is 6. The first-order valence-corrected chi connectivity index (χ1v) is 8.47. The number of hydrogen-bond acceptors (Lipinski definition) is 3. The molecule has 118 valence electrons. The summed E-state index contributed by atoms with van der Waals surface area (Å²) in [5.74, 6) is 0.806. The van der Waals surface area contributed by atoms with E-state index in [1.807, 2.05) is 30.5 Å². The van der Waals surface area contributed by atoms with Gasteiger partial charge in [-0.3, -0.25) is 4.99 Å². The molecule has 1 heterocycles. The van der Waals surface area contributed by atoms with E-state index in [-0.39, 0.29) is 0 Å². The van der Waals surface area contributed by atoms with E-state index < -0.39 is 0 Å². The first-order valence-electron chi connectivity index (χ1n) is 7.28. The molecule has 4 nitrogen and oxygen atoms in total. The summed E-state index contributed by atoms with van der Waals surface area (Å²) in [7, 11) is 1.78. The normalized spacial score (nSPS) is 11.5. The van der Waals surface area contributed by atoms with Gasteiger partial charge in [-0.05, 0) is 25.0 Å². The lowest BCUT2D eigenvalue weighted by Crippen LogP contribution is -2.39. The van der Waals surface area contributed by atoms with E-state index in [0.29, 0.717) is 0 Å². The molecule has 2 N–H and O–H groups in total. The number of thiazole rings is 1. The van der Waals surface area contributed by atoms with E-state index in [2.05, 4.69) is 27.5 Å². The fourth-order valence-electron chi connectivity index (χ4n) is 2.04. The Kier molecular flexibility index (Phi) is 6.68. The van der Waals surface area contributed by atoms with Crippen molar-refractivity contribution in [2.75, 3.05) is 20.1 Å². The van der Waals surface area contributed by atoms with Gasteiger partial charge in [0.05, 0.1) is 5.01 Å². The number of guanidine groups is 1. The van der Waals surface area contributed by atoms with Crippen LogP contribution in [-0.4, -0.2) is 31.1 Å². The maximum atomic E-state index is 6.15. The van der Waals surface area contributed by atoms with Crippen molar-refractivity contribution in [2.45, 2.75) is 19.8 Å². The molecule has 6 heteroatoms. The zero-order chi connectivity index (χ0) is 15.8. The second kappa shape index (κ2) is 8.76. The molecule has 0 aliphatic heterocycles. The molecule has 2 aromatic rings. The lowest BCUT2D eigenvalue weighted by atomic mass is 10.1. The van der Waals surface area contributed by atoms with Crippen LogP contribution in [0.2, 0.25) is 5.02 Å². The number of nitrogens with zero attached hydrogens (tertiary/aromatic N) is 2. The van der Waals surface area contributed by atoms with Crippen LogP contribution in [0.25, 0.3) is 0 Å². The lowest BCUT2D eigenvalue weighted by molar-refractivity contribution is 0.782. The molecule has 0 amide bonds. The van der Waals surface area contributed by atoms with Crippen molar-refractivity contribution in [3.63, 3.8) is 0 Å². The van der Waals surface area contributed by atoms with Gasteiger partial charge in [0, 0.05) is 42.7 Å². The molecule has 0 saturated heterocycles.